The number of thiophene rings is 1. The summed E-state index contributed by atoms with van der Waals surface area (Å²) in [5.74, 6) is 0. The highest BCUT2D eigenvalue weighted by molar-refractivity contribution is 7.26. The third-order valence-corrected chi connectivity index (χ3v) is 15.0. The fourth-order valence-electron chi connectivity index (χ4n) is 10.7. The molecule has 68 heavy (non-hydrogen) atoms. The van der Waals surface area contributed by atoms with Gasteiger partial charge in [0.2, 0.25) is 0 Å². The molecule has 0 bridgehead atoms. The molecule has 318 valence electrons. The van der Waals surface area contributed by atoms with Crippen LogP contribution in [-0.4, -0.2) is 4.57 Å². The Morgan fingerprint density at radius 2 is 0.912 bits per heavy atom. The summed E-state index contributed by atoms with van der Waals surface area (Å²) < 4.78 is 11.5. The minimum Gasteiger partial charge on any atom is -0.455 e. The second-order valence-electron chi connectivity index (χ2n) is 17.6. The predicted molar refractivity (Wildman–Crippen MR) is 289 cm³/mol. The van der Waals surface area contributed by atoms with Crippen molar-refractivity contribution in [3.63, 3.8) is 0 Å². The van der Waals surface area contributed by atoms with E-state index in [1.165, 1.54) is 69.4 Å². The van der Waals surface area contributed by atoms with Gasteiger partial charge in [-0.3, -0.25) is 0 Å². The molecule has 14 aromatic rings. The normalized spacial score (nSPS) is 11.8. The molecular weight excluding hydrogens is 845 g/mol. The van der Waals surface area contributed by atoms with E-state index in [1.54, 1.807) is 0 Å². The average Bonchev–Trinajstić information content (AvgIpc) is 4.09. The minimum atomic E-state index is 0.900. The molecule has 0 amide bonds. The Hall–Kier alpha value is -8.70. The molecule has 0 atom stereocenters. The molecule has 0 N–H and O–H groups in total. The Balaban J connectivity index is 0.966. The number of nitrogens with zero attached hydrogens (tertiary/aromatic N) is 2. The van der Waals surface area contributed by atoms with E-state index in [-0.39, 0.29) is 0 Å². The molecular formula is C64H40N2OS. The van der Waals surface area contributed by atoms with Gasteiger partial charge in [0.25, 0.3) is 0 Å². The molecule has 0 aliphatic rings. The highest BCUT2D eigenvalue weighted by Gasteiger charge is 2.23. The molecule has 0 radical (unpaired) electrons. The molecule has 0 saturated carbocycles. The van der Waals surface area contributed by atoms with Gasteiger partial charge >= 0.3 is 0 Å². The third kappa shape index (κ3) is 6.05. The van der Waals surface area contributed by atoms with E-state index in [9.17, 15) is 0 Å². The van der Waals surface area contributed by atoms with E-state index < -0.39 is 0 Å². The number of fused-ring (bicyclic) bond motifs is 10. The molecule has 4 heteroatoms. The van der Waals surface area contributed by atoms with Crippen molar-refractivity contribution in [1.82, 2.24) is 4.57 Å². The number of para-hydroxylation sites is 4. The van der Waals surface area contributed by atoms with Crippen molar-refractivity contribution < 1.29 is 4.42 Å². The molecule has 0 unspecified atom stereocenters. The molecule has 3 heterocycles. The summed E-state index contributed by atoms with van der Waals surface area (Å²) in [4.78, 5) is 2.44. The molecule has 3 aromatic heterocycles. The predicted octanol–water partition coefficient (Wildman–Crippen LogP) is 18.7. The summed E-state index contributed by atoms with van der Waals surface area (Å²) in [7, 11) is 0. The SMILES string of the molecule is c1ccc2c(-c3ccc(N(c4ccc(-c5cccc6c5oc5ccccc56)cc4)c4ccc5c(sc6ccccc65)c4-c4ccc(-n5c6ccccc6c6ccccc65)cc4)cc3)cccc2c1. The first-order chi connectivity index (χ1) is 33.7. The molecule has 3 nitrogen and oxygen atoms in total. The number of rotatable bonds is 7. The molecule has 0 saturated heterocycles. The summed E-state index contributed by atoms with van der Waals surface area (Å²) in [6.45, 7) is 0. The summed E-state index contributed by atoms with van der Waals surface area (Å²) in [6.07, 6.45) is 0. The van der Waals surface area contributed by atoms with E-state index in [1.807, 2.05) is 17.4 Å². The summed E-state index contributed by atoms with van der Waals surface area (Å²) in [5, 5.41) is 9.79. The largest absolute Gasteiger partial charge is 0.455 e. The lowest BCUT2D eigenvalue weighted by atomic mass is 9.96. The minimum absolute atomic E-state index is 0.900. The van der Waals surface area contributed by atoms with Gasteiger partial charge < -0.3 is 13.9 Å². The Morgan fingerprint density at radius 3 is 1.65 bits per heavy atom. The molecule has 0 fully saturated rings. The maximum atomic E-state index is 6.52. The quantitative estimate of drug-likeness (QED) is 0.159. The number of benzene rings is 11. The van der Waals surface area contributed by atoms with Gasteiger partial charge in [-0.25, -0.2) is 0 Å². The van der Waals surface area contributed by atoms with Crippen LogP contribution in [0.2, 0.25) is 0 Å². The van der Waals surface area contributed by atoms with Crippen LogP contribution in [0.3, 0.4) is 0 Å². The fourth-order valence-corrected chi connectivity index (χ4v) is 11.9. The number of hydrogen-bond donors (Lipinski definition) is 0. The highest BCUT2D eigenvalue weighted by atomic mass is 32.1. The van der Waals surface area contributed by atoms with Gasteiger partial charge in [-0.2, -0.15) is 0 Å². The van der Waals surface area contributed by atoms with E-state index in [2.05, 4.69) is 246 Å². The smallest absolute Gasteiger partial charge is 0.143 e. The zero-order chi connectivity index (χ0) is 44.7. The van der Waals surface area contributed by atoms with Crippen molar-refractivity contribution in [2.45, 2.75) is 0 Å². The van der Waals surface area contributed by atoms with Gasteiger partial charge in [0.15, 0.2) is 0 Å². The first-order valence-corrected chi connectivity index (χ1v) is 24.0. The van der Waals surface area contributed by atoms with Crippen molar-refractivity contribution in [1.29, 1.82) is 0 Å². The lowest BCUT2D eigenvalue weighted by Crippen LogP contribution is -2.11. The maximum absolute atomic E-state index is 6.52. The number of aromatic nitrogens is 1. The Morgan fingerprint density at radius 1 is 0.368 bits per heavy atom. The second-order valence-corrected chi connectivity index (χ2v) is 18.6. The van der Waals surface area contributed by atoms with Crippen LogP contribution >= 0.6 is 11.3 Å². The zero-order valence-corrected chi connectivity index (χ0v) is 37.6. The number of hydrogen-bond acceptors (Lipinski definition) is 3. The van der Waals surface area contributed by atoms with Crippen LogP contribution in [-0.2, 0) is 0 Å². The van der Waals surface area contributed by atoms with Crippen LogP contribution in [0.4, 0.5) is 17.1 Å². The van der Waals surface area contributed by atoms with E-state index in [0.29, 0.717) is 0 Å². The number of furan rings is 1. The van der Waals surface area contributed by atoms with Gasteiger partial charge in [-0.15, -0.1) is 11.3 Å². The standard InChI is InChI=1S/C64H40N2OS/c1-2-15-48-41(13-1)14-11-20-49(48)42-27-33-45(34-28-42)65(46-35-29-43(30-36-46)50-21-12-22-55-53-18-5-9-25-60(53)67-63(50)55)59-40-39-56-54-19-6-10-26-61(54)68-64(56)62(59)44-31-37-47(38-32-44)66-57-23-7-3-16-51(57)52-17-4-8-24-58(52)66/h1-40H. The second kappa shape index (κ2) is 15.5. The molecule has 14 rings (SSSR count). The topological polar surface area (TPSA) is 21.3 Å². The van der Waals surface area contributed by atoms with Crippen LogP contribution in [0, 0.1) is 0 Å². The van der Waals surface area contributed by atoms with Gasteiger partial charge in [-0.05, 0) is 99.8 Å². The maximum Gasteiger partial charge on any atom is 0.143 e. The number of anilines is 3. The zero-order valence-electron chi connectivity index (χ0n) is 36.8. The first kappa shape index (κ1) is 38.6. The van der Waals surface area contributed by atoms with Gasteiger partial charge in [0.05, 0.1) is 16.7 Å². The average molecular weight is 885 g/mol. The lowest BCUT2D eigenvalue weighted by Gasteiger charge is -2.29. The van der Waals surface area contributed by atoms with Crippen molar-refractivity contribution in [2.75, 3.05) is 4.90 Å². The van der Waals surface area contributed by atoms with Crippen molar-refractivity contribution in [3.05, 3.63) is 243 Å². The van der Waals surface area contributed by atoms with E-state index in [0.717, 1.165) is 61.4 Å². The molecule has 11 aromatic carbocycles. The first-order valence-electron chi connectivity index (χ1n) is 23.2. The van der Waals surface area contributed by atoms with Crippen LogP contribution < -0.4 is 4.90 Å². The van der Waals surface area contributed by atoms with Crippen LogP contribution in [0.5, 0.6) is 0 Å². The van der Waals surface area contributed by atoms with Crippen LogP contribution in [0.1, 0.15) is 0 Å². The molecule has 0 aliphatic carbocycles. The van der Waals surface area contributed by atoms with Crippen molar-refractivity contribution in [2.24, 2.45) is 0 Å². The van der Waals surface area contributed by atoms with Crippen LogP contribution in [0.25, 0.3) is 114 Å². The van der Waals surface area contributed by atoms with Crippen LogP contribution in [0.15, 0.2) is 247 Å². The van der Waals surface area contributed by atoms with Gasteiger partial charge in [0, 0.05) is 69.9 Å². The monoisotopic (exact) mass is 884 g/mol. The van der Waals surface area contributed by atoms with Gasteiger partial charge in [0.1, 0.15) is 11.2 Å². The Labute approximate surface area is 396 Å². The van der Waals surface area contributed by atoms with Crippen molar-refractivity contribution >= 4 is 103 Å². The van der Waals surface area contributed by atoms with Crippen molar-refractivity contribution in [3.8, 4) is 39.1 Å². The highest BCUT2D eigenvalue weighted by Crippen LogP contribution is 2.49. The summed E-state index contributed by atoms with van der Waals surface area (Å²) in [5.41, 5.74) is 15.5. The van der Waals surface area contributed by atoms with E-state index >= 15 is 0 Å². The van der Waals surface area contributed by atoms with E-state index in [4.69, 9.17) is 4.42 Å². The molecule has 0 aliphatic heterocycles. The third-order valence-electron chi connectivity index (χ3n) is 13.8. The fraction of sp³-hybridized carbons (Fsp3) is 0. The summed E-state index contributed by atoms with van der Waals surface area (Å²) in [6, 6.07) is 88.2. The van der Waals surface area contributed by atoms with Gasteiger partial charge in [-0.1, -0.05) is 176 Å². The Kier molecular flexibility index (Phi) is 8.76. The molecule has 0 spiro atoms. The lowest BCUT2D eigenvalue weighted by molar-refractivity contribution is 0.670. The Bertz CT molecular complexity index is 4190. The summed E-state index contributed by atoms with van der Waals surface area (Å²) >= 11 is 1.87.